The Labute approximate surface area is 168 Å². The second-order valence-electron chi connectivity index (χ2n) is 7.54. The Morgan fingerprint density at radius 3 is 2.37 bits per heavy atom. The molecule has 3 atom stereocenters. The molecule has 0 spiro atoms. The first kappa shape index (κ1) is 20.8. The predicted octanol–water partition coefficient (Wildman–Crippen LogP) is 4.94. The predicted molar refractivity (Wildman–Crippen MR) is 111 cm³/mol. The van der Waals surface area contributed by atoms with Crippen LogP contribution in [0.4, 0.5) is 0 Å². The topological polar surface area (TPSA) is 47.9 Å². The van der Waals surface area contributed by atoms with Crippen LogP contribution in [0.3, 0.4) is 0 Å². The molecule has 2 aliphatic rings. The van der Waals surface area contributed by atoms with Crippen molar-refractivity contribution in [2.75, 3.05) is 38.8 Å². The summed E-state index contributed by atoms with van der Waals surface area (Å²) in [7, 11) is 0. The first-order chi connectivity index (χ1) is 13.3. The number of aliphatic hydroxyl groups is 1. The van der Waals surface area contributed by atoms with Crippen molar-refractivity contribution in [3.63, 3.8) is 0 Å². The van der Waals surface area contributed by atoms with E-state index in [1.54, 1.807) is 0 Å². The van der Waals surface area contributed by atoms with Crippen LogP contribution in [0.15, 0.2) is 12.1 Å². The lowest BCUT2D eigenvalue weighted by Crippen LogP contribution is -2.11. The van der Waals surface area contributed by atoms with Gasteiger partial charge in [-0.05, 0) is 66.5 Å². The zero-order chi connectivity index (χ0) is 19.1. The van der Waals surface area contributed by atoms with E-state index in [1.165, 1.54) is 36.1 Å². The highest BCUT2D eigenvalue weighted by atomic mass is 32.2. The highest BCUT2D eigenvalue weighted by molar-refractivity contribution is 7.99. The summed E-state index contributed by atoms with van der Waals surface area (Å²) >= 11 is 2.01. The molecular weight excluding hydrogens is 360 g/mol. The molecule has 27 heavy (non-hydrogen) atoms. The van der Waals surface area contributed by atoms with Gasteiger partial charge >= 0.3 is 0 Å². The van der Waals surface area contributed by atoms with Crippen molar-refractivity contribution in [3.8, 4) is 11.5 Å². The number of rotatable bonds is 10. The third-order valence-corrected chi connectivity index (χ3v) is 6.91. The maximum absolute atomic E-state index is 9.07. The zero-order valence-corrected chi connectivity index (χ0v) is 17.6. The van der Waals surface area contributed by atoms with Crippen LogP contribution in [0.25, 0.3) is 0 Å². The molecule has 0 bridgehead atoms. The van der Waals surface area contributed by atoms with Gasteiger partial charge in [-0.2, -0.15) is 11.8 Å². The molecule has 5 heteroatoms. The van der Waals surface area contributed by atoms with Crippen molar-refractivity contribution in [2.24, 2.45) is 5.92 Å². The van der Waals surface area contributed by atoms with E-state index in [-0.39, 0.29) is 6.61 Å². The molecule has 4 nitrogen and oxygen atoms in total. The Balaban J connectivity index is 1.95. The standard InChI is InChI=1S/C22H34O4S/c1-3-9-25-20-12-18-17-7-5-6-16(17)15-27-22(14-24-11-8-23)19(18)13-21(20)26-10-4-2/h12-13,16-17,22-23H,3-11,14-15H2,1-2H3. The molecule has 1 heterocycles. The lowest BCUT2D eigenvalue weighted by Gasteiger charge is -2.23. The summed E-state index contributed by atoms with van der Waals surface area (Å²) < 4.78 is 17.9. The molecule has 0 saturated heterocycles. The number of aliphatic hydroxyl groups excluding tert-OH is 1. The fourth-order valence-electron chi connectivity index (χ4n) is 4.21. The summed E-state index contributed by atoms with van der Waals surface area (Å²) in [6, 6.07) is 4.49. The number of benzene rings is 1. The molecule has 1 aromatic carbocycles. The van der Waals surface area contributed by atoms with Crippen molar-refractivity contribution in [1.82, 2.24) is 0 Å². The largest absolute Gasteiger partial charge is 0.490 e. The highest BCUT2D eigenvalue weighted by Crippen LogP contribution is 2.52. The van der Waals surface area contributed by atoms with Crippen molar-refractivity contribution < 1.29 is 19.3 Å². The first-order valence-corrected chi connectivity index (χ1v) is 11.6. The average Bonchev–Trinajstić information content (AvgIpc) is 3.10. The van der Waals surface area contributed by atoms with Crippen LogP contribution in [-0.4, -0.2) is 43.9 Å². The first-order valence-electron chi connectivity index (χ1n) is 10.5. The van der Waals surface area contributed by atoms with E-state index >= 15 is 0 Å². The average molecular weight is 395 g/mol. The lowest BCUT2D eigenvalue weighted by molar-refractivity contribution is 0.0931. The molecule has 0 aromatic heterocycles. The maximum atomic E-state index is 9.07. The van der Waals surface area contributed by atoms with Crippen LogP contribution >= 0.6 is 11.8 Å². The zero-order valence-electron chi connectivity index (χ0n) is 16.7. The molecule has 1 N–H and O–H groups in total. The minimum atomic E-state index is 0.0736. The third-order valence-electron chi connectivity index (χ3n) is 5.49. The van der Waals surface area contributed by atoms with Gasteiger partial charge in [0.2, 0.25) is 0 Å². The Morgan fingerprint density at radius 2 is 1.70 bits per heavy atom. The quantitative estimate of drug-likeness (QED) is 0.569. The lowest BCUT2D eigenvalue weighted by atomic mass is 9.86. The van der Waals surface area contributed by atoms with Gasteiger partial charge < -0.3 is 19.3 Å². The van der Waals surface area contributed by atoms with Crippen LogP contribution in [0.5, 0.6) is 11.5 Å². The summed E-state index contributed by atoms with van der Waals surface area (Å²) in [6.07, 6.45) is 5.88. The van der Waals surface area contributed by atoms with Crippen molar-refractivity contribution in [2.45, 2.75) is 57.1 Å². The molecular formula is C22H34O4S. The van der Waals surface area contributed by atoms with Crippen molar-refractivity contribution in [3.05, 3.63) is 23.3 Å². The molecule has 152 valence electrons. The van der Waals surface area contributed by atoms with Crippen LogP contribution in [0.1, 0.15) is 68.2 Å². The monoisotopic (exact) mass is 394 g/mol. The number of ether oxygens (including phenoxy) is 3. The van der Waals surface area contributed by atoms with Gasteiger partial charge in [-0.3, -0.25) is 0 Å². The Hall–Kier alpha value is -0.910. The maximum Gasteiger partial charge on any atom is 0.161 e. The van der Waals surface area contributed by atoms with Gasteiger partial charge in [0.1, 0.15) is 0 Å². The van der Waals surface area contributed by atoms with Gasteiger partial charge in [-0.25, -0.2) is 0 Å². The summed E-state index contributed by atoms with van der Waals surface area (Å²) in [6.45, 7) is 6.79. The highest BCUT2D eigenvalue weighted by Gasteiger charge is 2.36. The van der Waals surface area contributed by atoms with E-state index < -0.39 is 0 Å². The molecule has 0 radical (unpaired) electrons. The van der Waals surface area contributed by atoms with E-state index in [4.69, 9.17) is 19.3 Å². The molecule has 1 aliphatic carbocycles. The van der Waals surface area contributed by atoms with Crippen LogP contribution in [0.2, 0.25) is 0 Å². The van der Waals surface area contributed by atoms with E-state index in [1.807, 2.05) is 11.8 Å². The normalized spacial score (nSPS) is 24.2. The van der Waals surface area contributed by atoms with Crippen molar-refractivity contribution >= 4 is 11.8 Å². The molecule has 1 aliphatic heterocycles. The summed E-state index contributed by atoms with van der Waals surface area (Å²) in [5.41, 5.74) is 2.79. The van der Waals surface area contributed by atoms with Crippen molar-refractivity contribution in [1.29, 1.82) is 0 Å². The van der Waals surface area contributed by atoms with Gasteiger partial charge in [-0.15, -0.1) is 0 Å². The second-order valence-corrected chi connectivity index (χ2v) is 8.78. The number of hydrogen-bond acceptors (Lipinski definition) is 5. The van der Waals surface area contributed by atoms with E-state index in [0.717, 1.165) is 30.3 Å². The van der Waals surface area contributed by atoms with Gasteiger partial charge in [0.25, 0.3) is 0 Å². The fourth-order valence-corrected chi connectivity index (χ4v) is 5.66. The summed E-state index contributed by atoms with van der Waals surface area (Å²) in [5.74, 6) is 4.32. The van der Waals surface area contributed by atoms with Crippen LogP contribution in [-0.2, 0) is 4.74 Å². The Kier molecular flexibility index (Phi) is 8.16. The SMILES string of the molecule is CCCOc1cc2c(cc1OCCC)C1CCCC1CSC2COCCO. The van der Waals surface area contributed by atoms with Crippen LogP contribution < -0.4 is 9.47 Å². The molecule has 1 aromatic rings. The molecule has 3 unspecified atom stereocenters. The minimum Gasteiger partial charge on any atom is -0.490 e. The van der Waals surface area contributed by atoms with E-state index in [2.05, 4.69) is 26.0 Å². The summed E-state index contributed by atoms with van der Waals surface area (Å²) in [4.78, 5) is 0. The van der Waals surface area contributed by atoms with Crippen LogP contribution in [0, 0.1) is 5.92 Å². The van der Waals surface area contributed by atoms with E-state index in [9.17, 15) is 0 Å². The smallest absolute Gasteiger partial charge is 0.161 e. The summed E-state index contributed by atoms with van der Waals surface area (Å²) in [5, 5.41) is 9.36. The Bertz CT molecular complexity index is 592. The van der Waals surface area contributed by atoms with E-state index in [0.29, 0.717) is 37.6 Å². The van der Waals surface area contributed by atoms with Gasteiger partial charge in [-0.1, -0.05) is 20.3 Å². The van der Waals surface area contributed by atoms with Gasteiger partial charge in [0, 0.05) is 0 Å². The third kappa shape index (κ3) is 5.12. The Morgan fingerprint density at radius 1 is 1.00 bits per heavy atom. The number of hydrogen-bond donors (Lipinski definition) is 1. The molecule has 1 saturated carbocycles. The number of fused-ring (bicyclic) bond motifs is 3. The second kappa shape index (κ2) is 10.6. The molecule has 3 rings (SSSR count). The van der Waals surface area contributed by atoms with Gasteiger partial charge in [0.15, 0.2) is 11.5 Å². The minimum absolute atomic E-state index is 0.0736. The molecule has 0 amide bonds. The molecule has 1 fully saturated rings. The van der Waals surface area contributed by atoms with Gasteiger partial charge in [0.05, 0.1) is 38.3 Å². The fraction of sp³-hybridized carbons (Fsp3) is 0.727. The number of thioether (sulfide) groups is 1.